The van der Waals surface area contributed by atoms with Gasteiger partial charge in [0, 0.05) is 11.6 Å². The molecule has 8 heteroatoms. The van der Waals surface area contributed by atoms with E-state index in [0.29, 0.717) is 42.7 Å². The number of methoxy groups -OCH3 is 2. The molecule has 0 aromatic heterocycles. The highest BCUT2D eigenvalue weighted by atomic mass is 16.5. The van der Waals surface area contributed by atoms with Gasteiger partial charge in [-0.25, -0.2) is 0 Å². The van der Waals surface area contributed by atoms with Crippen molar-refractivity contribution in [1.29, 1.82) is 0 Å². The molecule has 0 aliphatic heterocycles. The average molecular weight is 364 g/mol. The molecule has 2 amide bonds. The summed E-state index contributed by atoms with van der Waals surface area (Å²) in [6, 6.07) is 4.70. The summed E-state index contributed by atoms with van der Waals surface area (Å²) in [5.74, 6) is -0.850. The summed E-state index contributed by atoms with van der Waals surface area (Å²) in [6.45, 7) is -0.147. The fourth-order valence-electron chi connectivity index (χ4n) is 3.00. The molecule has 0 saturated heterocycles. The number of nitrogens with one attached hydrogen (secondary N) is 2. The third-order valence-corrected chi connectivity index (χ3v) is 4.50. The maximum absolute atomic E-state index is 12.2. The van der Waals surface area contributed by atoms with Crippen LogP contribution in [-0.4, -0.2) is 49.7 Å². The number of ether oxygens (including phenoxy) is 2. The lowest BCUT2D eigenvalue weighted by Gasteiger charge is -2.26. The van der Waals surface area contributed by atoms with Crippen molar-refractivity contribution in [3.63, 3.8) is 0 Å². The first-order valence-electron chi connectivity index (χ1n) is 8.47. The Balaban J connectivity index is 1.80. The van der Waals surface area contributed by atoms with Crippen molar-refractivity contribution in [2.75, 3.05) is 20.8 Å². The van der Waals surface area contributed by atoms with Crippen LogP contribution in [0.25, 0.3) is 0 Å². The molecule has 0 radical (unpaired) electrons. The molecule has 1 aliphatic carbocycles. The SMILES string of the molecule is COc1ccc(C(=O)NCC(=O)NC2CCC(C(=O)O)CC2)cc1OC. The second kappa shape index (κ2) is 9.07. The number of amides is 2. The number of aliphatic carboxylic acids is 1. The first-order chi connectivity index (χ1) is 12.4. The number of rotatable bonds is 7. The molecule has 0 spiro atoms. The molecule has 1 saturated carbocycles. The standard InChI is InChI=1S/C18H24N2O6/c1-25-14-8-5-12(9-15(14)26-2)17(22)19-10-16(21)20-13-6-3-11(4-7-13)18(23)24/h5,8-9,11,13H,3-4,6-7,10H2,1-2H3,(H,19,22)(H,20,21)(H,23,24). The summed E-state index contributed by atoms with van der Waals surface area (Å²) in [5.41, 5.74) is 0.359. The van der Waals surface area contributed by atoms with E-state index in [4.69, 9.17) is 14.6 Å². The van der Waals surface area contributed by atoms with Gasteiger partial charge in [0.2, 0.25) is 5.91 Å². The van der Waals surface area contributed by atoms with Gasteiger partial charge in [-0.1, -0.05) is 0 Å². The Bertz CT molecular complexity index is 668. The number of carbonyl (C=O) groups excluding carboxylic acids is 2. The summed E-state index contributed by atoms with van der Waals surface area (Å²) in [7, 11) is 2.98. The monoisotopic (exact) mass is 364 g/mol. The van der Waals surface area contributed by atoms with Crippen molar-refractivity contribution >= 4 is 17.8 Å². The summed E-state index contributed by atoms with van der Waals surface area (Å²) >= 11 is 0. The Morgan fingerprint density at radius 3 is 2.31 bits per heavy atom. The van der Waals surface area contributed by atoms with Crippen LogP contribution in [0, 0.1) is 5.92 Å². The molecule has 0 unspecified atom stereocenters. The molecule has 2 rings (SSSR count). The van der Waals surface area contributed by atoms with E-state index in [2.05, 4.69) is 10.6 Å². The van der Waals surface area contributed by atoms with Gasteiger partial charge in [-0.05, 0) is 43.9 Å². The number of hydrogen-bond donors (Lipinski definition) is 3. The molecule has 0 bridgehead atoms. The van der Waals surface area contributed by atoms with Crippen LogP contribution in [0.5, 0.6) is 11.5 Å². The number of carboxylic acid groups (broad SMARTS) is 1. The predicted octanol–water partition coefficient (Wildman–Crippen LogP) is 1.19. The lowest BCUT2D eigenvalue weighted by Crippen LogP contribution is -2.43. The number of carboxylic acids is 1. The van der Waals surface area contributed by atoms with Crippen molar-refractivity contribution in [2.45, 2.75) is 31.7 Å². The molecular weight excluding hydrogens is 340 g/mol. The van der Waals surface area contributed by atoms with Crippen molar-refractivity contribution in [2.24, 2.45) is 5.92 Å². The molecule has 1 aromatic carbocycles. The zero-order valence-electron chi connectivity index (χ0n) is 14.9. The zero-order chi connectivity index (χ0) is 19.1. The van der Waals surface area contributed by atoms with E-state index in [1.165, 1.54) is 14.2 Å². The van der Waals surface area contributed by atoms with Gasteiger partial charge in [0.25, 0.3) is 5.91 Å². The Kier molecular flexibility index (Phi) is 6.82. The molecule has 8 nitrogen and oxygen atoms in total. The Labute approximate surface area is 151 Å². The van der Waals surface area contributed by atoms with Crippen LogP contribution in [0.3, 0.4) is 0 Å². The lowest BCUT2D eigenvalue weighted by atomic mass is 9.86. The quantitative estimate of drug-likeness (QED) is 0.670. The van der Waals surface area contributed by atoms with E-state index in [0.717, 1.165) is 0 Å². The second-order valence-electron chi connectivity index (χ2n) is 6.21. The normalized spacial score (nSPS) is 19.3. The minimum Gasteiger partial charge on any atom is -0.493 e. The zero-order valence-corrected chi connectivity index (χ0v) is 14.9. The topological polar surface area (TPSA) is 114 Å². The number of hydrogen-bond acceptors (Lipinski definition) is 5. The molecule has 142 valence electrons. The largest absolute Gasteiger partial charge is 0.493 e. The summed E-state index contributed by atoms with van der Waals surface area (Å²) in [6.07, 6.45) is 2.37. The van der Waals surface area contributed by atoms with Gasteiger partial charge >= 0.3 is 5.97 Å². The summed E-state index contributed by atoms with van der Waals surface area (Å²) < 4.78 is 10.3. The minimum absolute atomic E-state index is 0.0453. The van der Waals surface area contributed by atoms with Crippen molar-refractivity contribution in [3.05, 3.63) is 23.8 Å². The number of carbonyl (C=O) groups is 3. The van der Waals surface area contributed by atoms with Crippen molar-refractivity contribution in [3.8, 4) is 11.5 Å². The van der Waals surface area contributed by atoms with E-state index >= 15 is 0 Å². The first-order valence-corrected chi connectivity index (χ1v) is 8.47. The summed E-state index contributed by atoms with van der Waals surface area (Å²) in [5, 5.41) is 14.4. The number of benzene rings is 1. The minimum atomic E-state index is -0.781. The fraction of sp³-hybridized carbons (Fsp3) is 0.500. The van der Waals surface area contributed by atoms with Gasteiger partial charge in [-0.2, -0.15) is 0 Å². The first kappa shape index (κ1) is 19.6. The van der Waals surface area contributed by atoms with Gasteiger partial charge in [-0.3, -0.25) is 14.4 Å². The third-order valence-electron chi connectivity index (χ3n) is 4.50. The van der Waals surface area contributed by atoms with E-state index in [-0.39, 0.29) is 24.4 Å². The molecule has 1 fully saturated rings. The average Bonchev–Trinajstić information content (AvgIpc) is 2.65. The van der Waals surface area contributed by atoms with Crippen LogP contribution in [0.2, 0.25) is 0 Å². The van der Waals surface area contributed by atoms with Crippen LogP contribution < -0.4 is 20.1 Å². The van der Waals surface area contributed by atoms with Crippen LogP contribution in [-0.2, 0) is 9.59 Å². The van der Waals surface area contributed by atoms with Crippen molar-refractivity contribution in [1.82, 2.24) is 10.6 Å². The highest BCUT2D eigenvalue weighted by Gasteiger charge is 2.26. The molecule has 0 atom stereocenters. The van der Waals surface area contributed by atoms with Crippen molar-refractivity contribution < 1.29 is 29.0 Å². The maximum atomic E-state index is 12.2. The maximum Gasteiger partial charge on any atom is 0.306 e. The lowest BCUT2D eigenvalue weighted by molar-refractivity contribution is -0.142. The Morgan fingerprint density at radius 1 is 1.08 bits per heavy atom. The van der Waals surface area contributed by atoms with Gasteiger partial charge in [0.1, 0.15) is 0 Å². The smallest absolute Gasteiger partial charge is 0.306 e. The highest BCUT2D eigenvalue weighted by molar-refractivity contribution is 5.97. The van der Waals surface area contributed by atoms with Gasteiger partial charge in [0.15, 0.2) is 11.5 Å². The Hall–Kier alpha value is -2.77. The van der Waals surface area contributed by atoms with E-state index < -0.39 is 11.9 Å². The van der Waals surface area contributed by atoms with Crippen LogP contribution in [0.1, 0.15) is 36.0 Å². The summed E-state index contributed by atoms with van der Waals surface area (Å²) in [4.78, 5) is 35.1. The molecular formula is C18H24N2O6. The van der Waals surface area contributed by atoms with Gasteiger partial charge in [0.05, 0.1) is 26.7 Å². The third kappa shape index (κ3) is 5.11. The van der Waals surface area contributed by atoms with Crippen LogP contribution in [0.15, 0.2) is 18.2 Å². The van der Waals surface area contributed by atoms with E-state index in [1.807, 2.05) is 0 Å². The molecule has 0 heterocycles. The second-order valence-corrected chi connectivity index (χ2v) is 6.21. The molecule has 1 aliphatic rings. The van der Waals surface area contributed by atoms with Crippen LogP contribution >= 0.6 is 0 Å². The van der Waals surface area contributed by atoms with Gasteiger partial charge in [-0.15, -0.1) is 0 Å². The van der Waals surface area contributed by atoms with Crippen LogP contribution in [0.4, 0.5) is 0 Å². The molecule has 26 heavy (non-hydrogen) atoms. The van der Waals surface area contributed by atoms with E-state index in [1.54, 1.807) is 18.2 Å². The van der Waals surface area contributed by atoms with E-state index in [9.17, 15) is 14.4 Å². The Morgan fingerprint density at radius 2 is 1.73 bits per heavy atom. The molecule has 3 N–H and O–H groups in total. The predicted molar refractivity (Wildman–Crippen MR) is 93.4 cm³/mol. The fourth-order valence-corrected chi connectivity index (χ4v) is 3.00. The molecule has 1 aromatic rings. The highest BCUT2D eigenvalue weighted by Crippen LogP contribution is 2.27. The van der Waals surface area contributed by atoms with Gasteiger partial charge < -0.3 is 25.2 Å².